The molecule has 2 unspecified atom stereocenters. The van der Waals surface area contributed by atoms with E-state index < -0.39 is 0 Å². The first kappa shape index (κ1) is 16.1. The van der Waals surface area contributed by atoms with Gasteiger partial charge in [0, 0.05) is 24.2 Å². The van der Waals surface area contributed by atoms with Crippen LogP contribution in [-0.2, 0) is 0 Å². The highest BCUT2D eigenvalue weighted by Crippen LogP contribution is 2.31. The fourth-order valence-corrected chi connectivity index (χ4v) is 3.13. The largest absolute Gasteiger partial charge is 0.497 e. The fourth-order valence-electron chi connectivity index (χ4n) is 3.13. The molecular formula is C17H28N2O2. The summed E-state index contributed by atoms with van der Waals surface area (Å²) in [7, 11) is 3.43. The van der Waals surface area contributed by atoms with Gasteiger partial charge in [-0.2, -0.15) is 0 Å². The molecule has 0 bridgehead atoms. The third-order valence-corrected chi connectivity index (χ3v) is 4.37. The molecule has 0 aromatic heterocycles. The number of likely N-dealkylation sites (tertiary alicyclic amines) is 1. The van der Waals surface area contributed by atoms with Gasteiger partial charge in [-0.05, 0) is 51.1 Å². The Kier molecular flexibility index (Phi) is 5.88. The van der Waals surface area contributed by atoms with Gasteiger partial charge in [0.05, 0.1) is 14.2 Å². The van der Waals surface area contributed by atoms with Gasteiger partial charge >= 0.3 is 0 Å². The first-order chi connectivity index (χ1) is 10.2. The smallest absolute Gasteiger partial charge is 0.123 e. The normalized spacial score (nSPS) is 20.5. The molecule has 1 fully saturated rings. The van der Waals surface area contributed by atoms with E-state index >= 15 is 0 Å². The number of likely N-dealkylation sites (N-methyl/N-ethyl adjacent to an activating group) is 1. The Labute approximate surface area is 128 Å². The van der Waals surface area contributed by atoms with E-state index in [1.54, 1.807) is 14.2 Å². The van der Waals surface area contributed by atoms with Gasteiger partial charge in [0.1, 0.15) is 11.5 Å². The molecule has 0 saturated carbocycles. The van der Waals surface area contributed by atoms with Crippen molar-refractivity contribution in [2.24, 2.45) is 0 Å². The standard InChI is InChI=1S/C17H28N2O2/c1-5-18-16(12-19-10-6-7-13(19)2)15-11-14(20-3)8-9-17(15)21-4/h8-9,11,13,16,18H,5-7,10,12H2,1-4H3. The molecule has 21 heavy (non-hydrogen) atoms. The highest BCUT2D eigenvalue weighted by Gasteiger charge is 2.25. The number of nitrogens with one attached hydrogen (secondary N) is 1. The van der Waals surface area contributed by atoms with E-state index in [9.17, 15) is 0 Å². The van der Waals surface area contributed by atoms with E-state index in [4.69, 9.17) is 9.47 Å². The van der Waals surface area contributed by atoms with Crippen molar-refractivity contribution < 1.29 is 9.47 Å². The zero-order valence-corrected chi connectivity index (χ0v) is 13.7. The van der Waals surface area contributed by atoms with Crippen LogP contribution in [0.25, 0.3) is 0 Å². The summed E-state index contributed by atoms with van der Waals surface area (Å²) in [5.74, 6) is 1.80. The van der Waals surface area contributed by atoms with Crippen molar-refractivity contribution in [3.63, 3.8) is 0 Å². The minimum absolute atomic E-state index is 0.264. The van der Waals surface area contributed by atoms with Crippen molar-refractivity contribution in [2.45, 2.75) is 38.8 Å². The Hall–Kier alpha value is -1.26. The molecule has 1 heterocycles. The lowest BCUT2D eigenvalue weighted by Crippen LogP contribution is -2.37. The van der Waals surface area contributed by atoms with Crippen LogP contribution in [0.4, 0.5) is 0 Å². The molecule has 0 aliphatic carbocycles. The van der Waals surface area contributed by atoms with Gasteiger partial charge in [-0.3, -0.25) is 4.90 Å². The second kappa shape index (κ2) is 7.66. The first-order valence-corrected chi connectivity index (χ1v) is 7.89. The lowest BCUT2D eigenvalue weighted by molar-refractivity contribution is 0.236. The van der Waals surface area contributed by atoms with Gasteiger partial charge < -0.3 is 14.8 Å². The third kappa shape index (κ3) is 3.89. The Balaban J connectivity index is 2.23. The number of rotatable bonds is 7. The van der Waals surface area contributed by atoms with Crippen LogP contribution in [0.15, 0.2) is 18.2 Å². The van der Waals surface area contributed by atoms with Crippen molar-refractivity contribution >= 4 is 0 Å². The highest BCUT2D eigenvalue weighted by atomic mass is 16.5. The van der Waals surface area contributed by atoms with Crippen molar-refractivity contribution in [1.29, 1.82) is 0 Å². The van der Waals surface area contributed by atoms with Crippen LogP contribution in [0.2, 0.25) is 0 Å². The number of ether oxygens (including phenoxy) is 2. The molecule has 0 spiro atoms. The van der Waals surface area contributed by atoms with Crippen molar-refractivity contribution in [2.75, 3.05) is 33.9 Å². The Morgan fingerprint density at radius 1 is 1.33 bits per heavy atom. The summed E-state index contributed by atoms with van der Waals surface area (Å²) in [5, 5.41) is 3.60. The van der Waals surface area contributed by atoms with E-state index in [-0.39, 0.29) is 6.04 Å². The molecule has 1 aromatic rings. The van der Waals surface area contributed by atoms with Gasteiger partial charge in [0.15, 0.2) is 0 Å². The molecule has 1 aromatic carbocycles. The number of hydrogen-bond donors (Lipinski definition) is 1. The van der Waals surface area contributed by atoms with Crippen LogP contribution in [0.5, 0.6) is 11.5 Å². The monoisotopic (exact) mass is 292 g/mol. The number of methoxy groups -OCH3 is 2. The van der Waals surface area contributed by atoms with Crippen LogP contribution in [0, 0.1) is 0 Å². The first-order valence-electron chi connectivity index (χ1n) is 7.89. The van der Waals surface area contributed by atoms with E-state index in [2.05, 4.69) is 30.1 Å². The summed E-state index contributed by atoms with van der Waals surface area (Å²) in [6.45, 7) is 7.60. The van der Waals surface area contributed by atoms with E-state index in [0.717, 1.165) is 24.6 Å². The summed E-state index contributed by atoms with van der Waals surface area (Å²) in [4.78, 5) is 2.56. The minimum Gasteiger partial charge on any atom is -0.497 e. The van der Waals surface area contributed by atoms with Gasteiger partial charge in [-0.15, -0.1) is 0 Å². The number of benzene rings is 1. The van der Waals surface area contributed by atoms with E-state index in [1.165, 1.54) is 24.9 Å². The van der Waals surface area contributed by atoms with Crippen LogP contribution >= 0.6 is 0 Å². The SMILES string of the molecule is CCNC(CN1CCCC1C)c1cc(OC)ccc1OC. The molecule has 4 nitrogen and oxygen atoms in total. The average molecular weight is 292 g/mol. The molecule has 2 atom stereocenters. The number of nitrogens with zero attached hydrogens (tertiary/aromatic N) is 1. The highest BCUT2D eigenvalue weighted by molar-refractivity contribution is 5.42. The second-order valence-corrected chi connectivity index (χ2v) is 5.70. The Morgan fingerprint density at radius 2 is 2.14 bits per heavy atom. The van der Waals surface area contributed by atoms with Gasteiger partial charge in [0.25, 0.3) is 0 Å². The lowest BCUT2D eigenvalue weighted by atomic mass is 10.0. The second-order valence-electron chi connectivity index (χ2n) is 5.70. The maximum absolute atomic E-state index is 5.55. The molecule has 1 aliphatic rings. The third-order valence-electron chi connectivity index (χ3n) is 4.37. The predicted octanol–water partition coefficient (Wildman–Crippen LogP) is 2.84. The van der Waals surface area contributed by atoms with Gasteiger partial charge in [-0.1, -0.05) is 6.92 Å². The molecule has 118 valence electrons. The molecule has 1 aliphatic heterocycles. The summed E-state index contributed by atoms with van der Waals surface area (Å²) < 4.78 is 10.9. The number of hydrogen-bond acceptors (Lipinski definition) is 4. The van der Waals surface area contributed by atoms with Crippen LogP contribution < -0.4 is 14.8 Å². The van der Waals surface area contributed by atoms with E-state index in [1.807, 2.05) is 12.1 Å². The minimum atomic E-state index is 0.264. The molecule has 0 amide bonds. The van der Waals surface area contributed by atoms with Gasteiger partial charge in [0.2, 0.25) is 0 Å². The molecule has 1 saturated heterocycles. The quantitative estimate of drug-likeness (QED) is 0.838. The van der Waals surface area contributed by atoms with Crippen LogP contribution in [0.3, 0.4) is 0 Å². The Bertz CT molecular complexity index is 450. The zero-order chi connectivity index (χ0) is 15.2. The van der Waals surface area contributed by atoms with Crippen LogP contribution in [0.1, 0.15) is 38.3 Å². The van der Waals surface area contributed by atoms with Crippen LogP contribution in [-0.4, -0.2) is 44.8 Å². The summed E-state index contributed by atoms with van der Waals surface area (Å²) in [6, 6.07) is 6.96. The molecule has 4 heteroatoms. The van der Waals surface area contributed by atoms with Crippen molar-refractivity contribution in [3.05, 3.63) is 23.8 Å². The molecule has 0 radical (unpaired) electrons. The molecular weight excluding hydrogens is 264 g/mol. The average Bonchev–Trinajstić information content (AvgIpc) is 2.91. The summed E-state index contributed by atoms with van der Waals surface area (Å²) in [5.41, 5.74) is 1.18. The molecule has 1 N–H and O–H groups in total. The topological polar surface area (TPSA) is 33.7 Å². The van der Waals surface area contributed by atoms with Crippen molar-refractivity contribution in [1.82, 2.24) is 10.2 Å². The molecule has 2 rings (SSSR count). The zero-order valence-electron chi connectivity index (χ0n) is 13.7. The fraction of sp³-hybridized carbons (Fsp3) is 0.647. The van der Waals surface area contributed by atoms with Crippen molar-refractivity contribution in [3.8, 4) is 11.5 Å². The Morgan fingerprint density at radius 3 is 2.71 bits per heavy atom. The summed E-state index contributed by atoms with van der Waals surface area (Å²) >= 11 is 0. The van der Waals surface area contributed by atoms with E-state index in [0.29, 0.717) is 6.04 Å². The lowest BCUT2D eigenvalue weighted by Gasteiger charge is -2.29. The van der Waals surface area contributed by atoms with Gasteiger partial charge in [-0.25, -0.2) is 0 Å². The predicted molar refractivity (Wildman–Crippen MR) is 86.2 cm³/mol. The maximum Gasteiger partial charge on any atom is 0.123 e. The summed E-state index contributed by atoms with van der Waals surface area (Å²) in [6.07, 6.45) is 2.60. The maximum atomic E-state index is 5.55.